The van der Waals surface area contributed by atoms with E-state index in [4.69, 9.17) is 11.6 Å². The molecule has 3 rings (SSSR count). The van der Waals surface area contributed by atoms with Crippen LogP contribution in [0.3, 0.4) is 0 Å². The second-order valence-corrected chi connectivity index (χ2v) is 7.93. The molecular weight excluding hydrogens is 400 g/mol. The topological polar surface area (TPSA) is 32.3 Å². The van der Waals surface area contributed by atoms with Crippen molar-refractivity contribution in [2.75, 3.05) is 13.1 Å². The van der Waals surface area contributed by atoms with Crippen LogP contribution in [0.15, 0.2) is 46.9 Å². The van der Waals surface area contributed by atoms with E-state index in [2.05, 4.69) is 57.3 Å². The Morgan fingerprint density at radius 1 is 1.24 bits per heavy atom. The highest BCUT2D eigenvalue weighted by atomic mass is 79.9. The number of hydrogen-bond donors (Lipinski definition) is 1. The summed E-state index contributed by atoms with van der Waals surface area (Å²) in [7, 11) is 0. The van der Waals surface area contributed by atoms with E-state index in [1.165, 1.54) is 11.1 Å². The summed E-state index contributed by atoms with van der Waals surface area (Å²) in [6.45, 7) is 5.09. The zero-order chi connectivity index (χ0) is 17.8. The number of halogens is 2. The van der Waals surface area contributed by atoms with Crippen molar-refractivity contribution in [3.63, 3.8) is 0 Å². The molecule has 2 aromatic carbocycles. The molecule has 0 unspecified atom stereocenters. The fraction of sp³-hybridized carbons (Fsp3) is 0.350. The first-order chi connectivity index (χ1) is 12.0. The number of hydrogen-bond acceptors (Lipinski definition) is 2. The van der Waals surface area contributed by atoms with Crippen LogP contribution < -0.4 is 5.32 Å². The molecule has 25 heavy (non-hydrogen) atoms. The summed E-state index contributed by atoms with van der Waals surface area (Å²) >= 11 is 9.42. The van der Waals surface area contributed by atoms with Crippen molar-refractivity contribution < 1.29 is 4.79 Å². The van der Waals surface area contributed by atoms with Crippen LogP contribution in [0.5, 0.6) is 0 Å². The summed E-state index contributed by atoms with van der Waals surface area (Å²) in [6, 6.07) is 14.1. The number of nitrogens with one attached hydrogen (secondary N) is 1. The number of benzene rings is 2. The lowest BCUT2D eigenvalue weighted by Crippen LogP contribution is -2.44. The summed E-state index contributed by atoms with van der Waals surface area (Å²) in [5.41, 5.74) is 3.24. The van der Waals surface area contributed by atoms with Gasteiger partial charge in [-0.2, -0.15) is 0 Å². The lowest BCUT2D eigenvalue weighted by Gasteiger charge is -2.32. The molecule has 132 valence electrons. The van der Waals surface area contributed by atoms with E-state index in [0.29, 0.717) is 10.6 Å². The SMILES string of the molecule is Cc1cccc(CN2CCC(NC(=O)c3cc(Cl)ccc3Br)CC2)c1. The third-order valence-electron chi connectivity index (χ3n) is 4.58. The van der Waals surface area contributed by atoms with E-state index in [-0.39, 0.29) is 11.9 Å². The van der Waals surface area contributed by atoms with E-state index in [9.17, 15) is 4.79 Å². The van der Waals surface area contributed by atoms with E-state index in [0.717, 1.165) is 36.9 Å². The number of carbonyl (C=O) groups is 1. The van der Waals surface area contributed by atoms with Gasteiger partial charge < -0.3 is 5.32 Å². The van der Waals surface area contributed by atoms with Crippen molar-refractivity contribution >= 4 is 33.4 Å². The minimum atomic E-state index is -0.0634. The van der Waals surface area contributed by atoms with Crippen molar-refractivity contribution in [3.05, 3.63) is 68.7 Å². The molecule has 1 saturated heterocycles. The lowest BCUT2D eigenvalue weighted by atomic mass is 10.0. The summed E-state index contributed by atoms with van der Waals surface area (Å²) in [5.74, 6) is -0.0634. The van der Waals surface area contributed by atoms with Gasteiger partial charge in [-0.3, -0.25) is 9.69 Å². The Hall–Kier alpha value is -1.36. The highest BCUT2D eigenvalue weighted by molar-refractivity contribution is 9.10. The predicted octanol–water partition coefficient (Wildman–Crippen LogP) is 4.81. The molecule has 0 aliphatic carbocycles. The van der Waals surface area contributed by atoms with Gasteiger partial charge in [-0.05, 0) is 59.5 Å². The average Bonchev–Trinajstić information content (AvgIpc) is 2.59. The van der Waals surface area contributed by atoms with Crippen LogP contribution in [-0.4, -0.2) is 29.9 Å². The highest BCUT2D eigenvalue weighted by Crippen LogP contribution is 2.22. The lowest BCUT2D eigenvalue weighted by molar-refractivity contribution is 0.0908. The summed E-state index contributed by atoms with van der Waals surface area (Å²) in [5, 5.41) is 3.71. The maximum Gasteiger partial charge on any atom is 0.252 e. The van der Waals surface area contributed by atoms with Crippen LogP contribution >= 0.6 is 27.5 Å². The van der Waals surface area contributed by atoms with Gasteiger partial charge in [0, 0.05) is 35.2 Å². The second kappa shape index (κ2) is 8.35. The van der Waals surface area contributed by atoms with Gasteiger partial charge in [0.05, 0.1) is 5.56 Å². The Morgan fingerprint density at radius 2 is 2.00 bits per heavy atom. The smallest absolute Gasteiger partial charge is 0.252 e. The van der Waals surface area contributed by atoms with E-state index in [1.54, 1.807) is 12.1 Å². The Bertz CT molecular complexity index is 757. The minimum absolute atomic E-state index is 0.0634. The van der Waals surface area contributed by atoms with Gasteiger partial charge in [0.25, 0.3) is 5.91 Å². The molecule has 3 nitrogen and oxygen atoms in total. The predicted molar refractivity (Wildman–Crippen MR) is 106 cm³/mol. The molecule has 0 radical (unpaired) electrons. The molecule has 2 aromatic rings. The minimum Gasteiger partial charge on any atom is -0.349 e. The van der Waals surface area contributed by atoms with Crippen LogP contribution in [0.4, 0.5) is 0 Å². The van der Waals surface area contributed by atoms with Gasteiger partial charge in [0.2, 0.25) is 0 Å². The normalized spacial score (nSPS) is 16.0. The number of carbonyl (C=O) groups excluding carboxylic acids is 1. The molecule has 1 heterocycles. The van der Waals surface area contributed by atoms with Crippen molar-refractivity contribution in [1.82, 2.24) is 10.2 Å². The van der Waals surface area contributed by atoms with Gasteiger partial charge in [0.15, 0.2) is 0 Å². The number of piperidine rings is 1. The molecule has 1 N–H and O–H groups in total. The second-order valence-electron chi connectivity index (χ2n) is 6.64. The van der Waals surface area contributed by atoms with Gasteiger partial charge in [-0.15, -0.1) is 0 Å². The maximum absolute atomic E-state index is 12.5. The molecule has 1 amide bonds. The summed E-state index contributed by atoms with van der Waals surface area (Å²) < 4.78 is 0.770. The van der Waals surface area contributed by atoms with Crippen LogP contribution in [0.2, 0.25) is 5.02 Å². The fourth-order valence-corrected chi connectivity index (χ4v) is 3.84. The molecule has 1 aliphatic heterocycles. The first-order valence-electron chi connectivity index (χ1n) is 8.55. The molecule has 5 heteroatoms. The average molecular weight is 422 g/mol. The molecule has 0 spiro atoms. The molecule has 0 saturated carbocycles. The monoisotopic (exact) mass is 420 g/mol. The molecule has 0 bridgehead atoms. The number of rotatable bonds is 4. The molecule has 0 aromatic heterocycles. The number of likely N-dealkylation sites (tertiary alicyclic amines) is 1. The first kappa shape index (κ1) is 18.4. The van der Waals surface area contributed by atoms with Crippen LogP contribution in [-0.2, 0) is 6.54 Å². The summed E-state index contributed by atoms with van der Waals surface area (Å²) in [4.78, 5) is 14.9. The van der Waals surface area contributed by atoms with Crippen molar-refractivity contribution in [1.29, 1.82) is 0 Å². The largest absolute Gasteiger partial charge is 0.349 e. The van der Waals surface area contributed by atoms with Crippen molar-refractivity contribution in [3.8, 4) is 0 Å². The van der Waals surface area contributed by atoms with Gasteiger partial charge in [-0.1, -0.05) is 41.4 Å². The fourth-order valence-electron chi connectivity index (χ4n) is 3.24. The zero-order valence-corrected chi connectivity index (χ0v) is 16.6. The first-order valence-corrected chi connectivity index (χ1v) is 9.72. The molecule has 0 atom stereocenters. The zero-order valence-electron chi connectivity index (χ0n) is 14.3. The Kier molecular flexibility index (Phi) is 6.15. The Labute approximate surface area is 162 Å². The third kappa shape index (κ3) is 5.06. The molecular formula is C20H22BrClN2O. The Balaban J connectivity index is 1.52. The summed E-state index contributed by atoms with van der Waals surface area (Å²) in [6.07, 6.45) is 1.94. The Morgan fingerprint density at radius 3 is 2.72 bits per heavy atom. The van der Waals surface area contributed by atoms with Crippen molar-refractivity contribution in [2.24, 2.45) is 0 Å². The van der Waals surface area contributed by atoms with Crippen LogP contribution in [0.25, 0.3) is 0 Å². The van der Waals surface area contributed by atoms with E-state index >= 15 is 0 Å². The van der Waals surface area contributed by atoms with E-state index in [1.807, 2.05) is 6.07 Å². The molecule has 1 fully saturated rings. The van der Waals surface area contributed by atoms with Gasteiger partial charge in [-0.25, -0.2) is 0 Å². The quantitative estimate of drug-likeness (QED) is 0.768. The van der Waals surface area contributed by atoms with Gasteiger partial charge >= 0.3 is 0 Å². The van der Waals surface area contributed by atoms with Crippen molar-refractivity contribution in [2.45, 2.75) is 32.4 Å². The van der Waals surface area contributed by atoms with Gasteiger partial charge in [0.1, 0.15) is 0 Å². The maximum atomic E-state index is 12.5. The number of amides is 1. The third-order valence-corrected chi connectivity index (χ3v) is 5.51. The number of aryl methyl sites for hydroxylation is 1. The number of nitrogens with zero attached hydrogens (tertiary/aromatic N) is 1. The van der Waals surface area contributed by atoms with E-state index < -0.39 is 0 Å². The molecule has 1 aliphatic rings. The van der Waals surface area contributed by atoms with Crippen LogP contribution in [0.1, 0.15) is 34.3 Å². The standard InChI is InChI=1S/C20H22BrClN2O/c1-14-3-2-4-15(11-14)13-24-9-7-17(8-10-24)23-20(25)18-12-16(22)5-6-19(18)21/h2-6,11-12,17H,7-10,13H2,1H3,(H,23,25). The highest BCUT2D eigenvalue weighted by Gasteiger charge is 2.22. The van der Waals surface area contributed by atoms with Crippen LogP contribution in [0, 0.1) is 6.92 Å².